The minimum atomic E-state index is -4.87. The summed E-state index contributed by atoms with van der Waals surface area (Å²) in [7, 11) is 0. The number of ether oxygens (including phenoxy) is 2. The van der Waals surface area contributed by atoms with E-state index in [1.54, 1.807) is 24.4 Å². The molecule has 0 saturated heterocycles. The Morgan fingerprint density at radius 1 is 1.06 bits per heavy atom. The highest BCUT2D eigenvalue weighted by Gasteiger charge is 2.32. The molecule has 0 fully saturated rings. The van der Waals surface area contributed by atoms with E-state index in [-0.39, 0.29) is 35.1 Å². The average Bonchev–Trinajstić information content (AvgIpc) is 3.20. The van der Waals surface area contributed by atoms with Gasteiger partial charge in [0, 0.05) is 23.4 Å². The fraction of sp³-hybridized carbons (Fsp3) is 0.158. The van der Waals surface area contributed by atoms with Crippen molar-refractivity contribution in [3.63, 3.8) is 0 Å². The Labute approximate surface area is 178 Å². The second kappa shape index (κ2) is 8.30. The molecule has 0 aliphatic carbocycles. The first kappa shape index (κ1) is 20.7. The summed E-state index contributed by atoms with van der Waals surface area (Å²) in [6, 6.07) is 9.46. The Balaban J connectivity index is 1.64. The number of H-pyrrole nitrogens is 1. The molecule has 0 atom stereocenters. The van der Waals surface area contributed by atoms with Crippen LogP contribution < -0.4 is 15.2 Å². The second-order valence-electron chi connectivity index (χ2n) is 6.29. The van der Waals surface area contributed by atoms with Crippen LogP contribution in [0, 0.1) is 0 Å². The van der Waals surface area contributed by atoms with Crippen molar-refractivity contribution in [2.75, 3.05) is 12.0 Å². The molecule has 1 aromatic carbocycles. The minimum absolute atomic E-state index is 0.139. The number of nitrogen functional groups attached to an aromatic ring is 1. The van der Waals surface area contributed by atoms with Crippen molar-refractivity contribution in [1.29, 1.82) is 0 Å². The number of fused-ring (bicyclic) bond motifs is 1. The van der Waals surface area contributed by atoms with Gasteiger partial charge in [-0.3, -0.25) is 0 Å². The summed E-state index contributed by atoms with van der Waals surface area (Å²) in [5.74, 6) is -0.00721. The van der Waals surface area contributed by atoms with E-state index in [1.807, 2.05) is 6.26 Å². The number of anilines is 1. The lowest BCUT2D eigenvalue weighted by molar-refractivity contribution is -0.275. The van der Waals surface area contributed by atoms with E-state index < -0.39 is 6.36 Å². The first-order chi connectivity index (χ1) is 14.8. The number of nitrogens with two attached hydrogens (primary N) is 1. The molecule has 0 aliphatic heterocycles. The SMILES string of the molecule is CSc1ccc(-c2ccc(COc3cc(N)nc4n[nH]nc34)c(OC(F)(F)F)c2)cn1. The standard InChI is InChI=1S/C19H15F3N6O2S/c1-31-16-5-4-11(8-24-16)10-2-3-12(13(6-10)30-19(20,21)22)9-29-14-7-15(23)25-18-17(14)26-28-27-18/h2-8H,9H2,1H3,(H3,23,25,26,27,28). The lowest BCUT2D eigenvalue weighted by Gasteiger charge is -2.15. The molecule has 0 amide bonds. The summed E-state index contributed by atoms with van der Waals surface area (Å²) >= 11 is 1.47. The van der Waals surface area contributed by atoms with Gasteiger partial charge in [0.1, 0.15) is 18.2 Å². The lowest BCUT2D eigenvalue weighted by Crippen LogP contribution is -2.18. The number of pyridine rings is 2. The van der Waals surface area contributed by atoms with E-state index in [1.165, 1.54) is 30.0 Å². The number of nitrogens with one attached hydrogen (secondary N) is 1. The maximum Gasteiger partial charge on any atom is 0.573 e. The number of nitrogens with zero attached hydrogens (tertiary/aromatic N) is 4. The second-order valence-corrected chi connectivity index (χ2v) is 7.12. The predicted molar refractivity (Wildman–Crippen MR) is 109 cm³/mol. The largest absolute Gasteiger partial charge is 0.573 e. The molecule has 31 heavy (non-hydrogen) atoms. The Morgan fingerprint density at radius 3 is 2.58 bits per heavy atom. The van der Waals surface area contributed by atoms with Gasteiger partial charge in [0.05, 0.1) is 5.03 Å². The average molecular weight is 448 g/mol. The van der Waals surface area contributed by atoms with Gasteiger partial charge in [-0.25, -0.2) is 9.97 Å². The molecule has 0 unspecified atom stereocenters. The molecule has 8 nitrogen and oxygen atoms in total. The minimum Gasteiger partial charge on any atom is -0.486 e. The Hall–Kier alpha value is -3.54. The van der Waals surface area contributed by atoms with Crippen LogP contribution in [0.4, 0.5) is 19.0 Å². The molecule has 0 aliphatic rings. The van der Waals surface area contributed by atoms with Crippen molar-refractivity contribution in [2.24, 2.45) is 0 Å². The molecular formula is C19H15F3N6O2S. The van der Waals surface area contributed by atoms with Gasteiger partial charge < -0.3 is 15.2 Å². The van der Waals surface area contributed by atoms with E-state index in [0.29, 0.717) is 16.6 Å². The van der Waals surface area contributed by atoms with Crippen LogP contribution in [-0.2, 0) is 6.61 Å². The van der Waals surface area contributed by atoms with Crippen LogP contribution in [0.25, 0.3) is 22.3 Å². The molecular weight excluding hydrogens is 433 g/mol. The number of hydrogen-bond donors (Lipinski definition) is 2. The topological polar surface area (TPSA) is 112 Å². The van der Waals surface area contributed by atoms with Crippen LogP contribution in [0.3, 0.4) is 0 Å². The number of benzene rings is 1. The van der Waals surface area contributed by atoms with Crippen molar-refractivity contribution >= 4 is 28.7 Å². The van der Waals surface area contributed by atoms with E-state index in [9.17, 15) is 13.2 Å². The zero-order valence-electron chi connectivity index (χ0n) is 16.0. The maximum absolute atomic E-state index is 13.0. The highest BCUT2D eigenvalue weighted by Crippen LogP contribution is 2.33. The third-order valence-electron chi connectivity index (χ3n) is 4.23. The van der Waals surface area contributed by atoms with Crippen LogP contribution in [0.5, 0.6) is 11.5 Å². The van der Waals surface area contributed by atoms with Gasteiger partial charge in [-0.15, -0.1) is 30.0 Å². The molecule has 4 rings (SSSR count). The summed E-state index contributed by atoms with van der Waals surface area (Å²) in [6.07, 6.45) is -1.39. The van der Waals surface area contributed by atoms with Gasteiger partial charge in [0.2, 0.25) is 5.65 Å². The van der Waals surface area contributed by atoms with Gasteiger partial charge in [-0.1, -0.05) is 18.2 Å². The third kappa shape index (κ3) is 4.79. The molecule has 3 aromatic heterocycles. The molecule has 0 radical (unpaired) electrons. The lowest BCUT2D eigenvalue weighted by atomic mass is 10.0. The van der Waals surface area contributed by atoms with Crippen molar-refractivity contribution in [3.8, 4) is 22.6 Å². The van der Waals surface area contributed by atoms with Crippen LogP contribution in [0.1, 0.15) is 5.56 Å². The zero-order valence-corrected chi connectivity index (χ0v) is 16.8. The first-order valence-electron chi connectivity index (χ1n) is 8.81. The Morgan fingerprint density at radius 2 is 1.87 bits per heavy atom. The highest BCUT2D eigenvalue weighted by molar-refractivity contribution is 7.98. The van der Waals surface area contributed by atoms with Crippen LogP contribution in [0.2, 0.25) is 0 Å². The summed E-state index contributed by atoms with van der Waals surface area (Å²) < 4.78 is 49.0. The Kier molecular flexibility index (Phi) is 5.55. The normalized spacial score (nSPS) is 11.6. The number of alkyl halides is 3. The van der Waals surface area contributed by atoms with Crippen molar-refractivity contribution in [2.45, 2.75) is 18.0 Å². The van der Waals surface area contributed by atoms with E-state index in [4.69, 9.17) is 10.5 Å². The van der Waals surface area contributed by atoms with E-state index in [2.05, 4.69) is 30.1 Å². The van der Waals surface area contributed by atoms with Gasteiger partial charge in [-0.2, -0.15) is 10.3 Å². The summed E-state index contributed by atoms with van der Waals surface area (Å²) in [5, 5.41) is 11.0. The summed E-state index contributed by atoms with van der Waals surface area (Å²) in [4.78, 5) is 8.24. The van der Waals surface area contributed by atoms with Crippen molar-refractivity contribution < 1.29 is 22.6 Å². The number of hydrogen-bond acceptors (Lipinski definition) is 8. The highest BCUT2D eigenvalue weighted by atomic mass is 32.2. The monoisotopic (exact) mass is 448 g/mol. The number of rotatable bonds is 6. The molecule has 12 heteroatoms. The molecule has 0 bridgehead atoms. The van der Waals surface area contributed by atoms with Crippen molar-refractivity contribution in [3.05, 3.63) is 48.2 Å². The smallest absolute Gasteiger partial charge is 0.486 e. The quantitative estimate of drug-likeness (QED) is 0.422. The first-order valence-corrected chi connectivity index (χ1v) is 10.0. The third-order valence-corrected chi connectivity index (χ3v) is 4.89. The van der Waals surface area contributed by atoms with Gasteiger partial charge >= 0.3 is 6.36 Å². The van der Waals surface area contributed by atoms with Crippen LogP contribution >= 0.6 is 11.8 Å². The molecule has 160 valence electrons. The fourth-order valence-corrected chi connectivity index (χ4v) is 3.20. The van der Waals surface area contributed by atoms with E-state index in [0.717, 1.165) is 5.03 Å². The van der Waals surface area contributed by atoms with Gasteiger partial charge in [-0.05, 0) is 24.0 Å². The number of aromatic nitrogens is 5. The summed E-state index contributed by atoms with van der Waals surface area (Å²) in [6.45, 7) is -0.221. The van der Waals surface area contributed by atoms with E-state index >= 15 is 0 Å². The van der Waals surface area contributed by atoms with Gasteiger partial charge in [0.15, 0.2) is 11.3 Å². The molecule has 0 spiro atoms. The predicted octanol–water partition coefficient (Wildman–Crippen LogP) is 4.20. The molecule has 3 heterocycles. The molecule has 4 aromatic rings. The van der Waals surface area contributed by atoms with Crippen molar-refractivity contribution in [1.82, 2.24) is 25.4 Å². The zero-order chi connectivity index (χ0) is 22.0. The summed E-state index contributed by atoms with van der Waals surface area (Å²) in [5.41, 5.74) is 7.62. The number of aromatic amines is 1. The molecule has 3 N–H and O–H groups in total. The van der Waals surface area contributed by atoms with Crippen LogP contribution in [-0.4, -0.2) is 38.0 Å². The van der Waals surface area contributed by atoms with Gasteiger partial charge in [0.25, 0.3) is 0 Å². The Bertz CT molecular complexity index is 1210. The molecule has 0 saturated carbocycles. The van der Waals surface area contributed by atoms with Crippen LogP contribution in [0.15, 0.2) is 47.6 Å². The number of halogens is 3. The fourth-order valence-electron chi connectivity index (χ4n) is 2.84. The maximum atomic E-state index is 13.0. The number of thioether (sulfide) groups is 1.